The quantitative estimate of drug-likeness (QED) is 0.285. The van der Waals surface area contributed by atoms with Crippen molar-refractivity contribution in [3.8, 4) is 11.6 Å². The predicted molar refractivity (Wildman–Crippen MR) is 128 cm³/mol. The average molecular weight is 456 g/mol. The molecule has 1 unspecified atom stereocenters. The summed E-state index contributed by atoms with van der Waals surface area (Å²) in [6.07, 6.45) is 5.19. The highest BCUT2D eigenvalue weighted by atomic mass is 32.2. The van der Waals surface area contributed by atoms with Gasteiger partial charge in [-0.1, -0.05) is 60.3 Å². The molecule has 7 nitrogen and oxygen atoms in total. The second-order valence-corrected chi connectivity index (χ2v) is 8.41. The maximum atomic E-state index is 13.0. The number of aryl methyl sites for hydroxylation is 1. The number of nitrogens with one attached hydrogen (secondary N) is 1. The first-order valence-electron chi connectivity index (χ1n) is 10.4. The molecule has 0 aliphatic rings. The Morgan fingerprint density at radius 3 is 2.64 bits per heavy atom. The normalized spacial score (nSPS) is 12.0. The van der Waals surface area contributed by atoms with Gasteiger partial charge in [0.15, 0.2) is 11.6 Å². The lowest BCUT2D eigenvalue weighted by Gasteiger charge is -2.19. The van der Waals surface area contributed by atoms with Crippen molar-refractivity contribution in [2.24, 2.45) is 7.05 Å². The summed E-state index contributed by atoms with van der Waals surface area (Å²) in [5.41, 5.74) is 1.77. The Labute approximate surface area is 194 Å². The number of hydrogen-bond donors (Lipinski definition) is 1. The van der Waals surface area contributed by atoms with Gasteiger partial charge in [-0.25, -0.2) is 15.0 Å². The van der Waals surface area contributed by atoms with E-state index in [9.17, 15) is 4.79 Å². The van der Waals surface area contributed by atoms with Crippen LogP contribution < -0.4 is 5.32 Å². The van der Waals surface area contributed by atoms with Gasteiger partial charge in [0, 0.05) is 24.8 Å². The third-order valence-corrected chi connectivity index (χ3v) is 6.20. The molecule has 0 saturated heterocycles. The fourth-order valence-corrected chi connectivity index (χ4v) is 4.44. The van der Waals surface area contributed by atoms with E-state index in [2.05, 4.69) is 20.3 Å². The van der Waals surface area contributed by atoms with Crippen molar-refractivity contribution in [2.45, 2.75) is 11.1 Å². The Balaban J connectivity index is 1.39. The van der Waals surface area contributed by atoms with Crippen LogP contribution in [0.2, 0.25) is 0 Å². The number of aromatic nitrogens is 4. The van der Waals surface area contributed by atoms with Crippen molar-refractivity contribution < 1.29 is 9.21 Å². The van der Waals surface area contributed by atoms with E-state index in [1.165, 1.54) is 11.8 Å². The Morgan fingerprint density at radius 1 is 1.06 bits per heavy atom. The van der Waals surface area contributed by atoms with Gasteiger partial charge in [0.05, 0.1) is 17.5 Å². The van der Waals surface area contributed by atoms with Crippen molar-refractivity contribution in [1.29, 1.82) is 0 Å². The molecule has 8 heteroatoms. The molecule has 1 atom stereocenters. The molecule has 3 heterocycles. The SMILES string of the molecule is Cn1ccnc1C(NC(=O)CSc1nc(-c2ccco2)nc2ccccc12)c1ccccc1. The van der Waals surface area contributed by atoms with Crippen LogP contribution in [-0.4, -0.2) is 31.2 Å². The molecule has 33 heavy (non-hydrogen) atoms. The number of hydrogen-bond acceptors (Lipinski definition) is 6. The lowest BCUT2D eigenvalue weighted by atomic mass is 10.1. The summed E-state index contributed by atoms with van der Waals surface area (Å²) in [5.74, 6) is 1.95. The molecule has 3 aromatic heterocycles. The topological polar surface area (TPSA) is 85.8 Å². The van der Waals surface area contributed by atoms with Crippen LogP contribution in [0, 0.1) is 0 Å². The smallest absolute Gasteiger partial charge is 0.231 e. The molecule has 2 aromatic carbocycles. The zero-order chi connectivity index (χ0) is 22.6. The molecular weight excluding hydrogens is 434 g/mol. The zero-order valence-electron chi connectivity index (χ0n) is 17.9. The Kier molecular flexibility index (Phi) is 5.91. The van der Waals surface area contributed by atoms with Gasteiger partial charge in [-0.05, 0) is 23.8 Å². The van der Waals surface area contributed by atoms with Gasteiger partial charge >= 0.3 is 0 Å². The summed E-state index contributed by atoms with van der Waals surface area (Å²) in [4.78, 5) is 26.8. The predicted octanol–water partition coefficient (Wildman–Crippen LogP) is 4.62. The second kappa shape index (κ2) is 9.30. The zero-order valence-corrected chi connectivity index (χ0v) is 18.7. The number of fused-ring (bicyclic) bond motifs is 1. The van der Waals surface area contributed by atoms with E-state index in [0.29, 0.717) is 11.6 Å². The van der Waals surface area contributed by atoms with E-state index in [1.54, 1.807) is 18.5 Å². The molecule has 0 bridgehead atoms. The molecule has 1 N–H and O–H groups in total. The van der Waals surface area contributed by atoms with E-state index < -0.39 is 0 Å². The lowest BCUT2D eigenvalue weighted by Crippen LogP contribution is -2.32. The Bertz CT molecular complexity index is 1380. The van der Waals surface area contributed by atoms with Crippen LogP contribution in [-0.2, 0) is 11.8 Å². The first-order chi connectivity index (χ1) is 16.2. The molecule has 1 amide bonds. The Morgan fingerprint density at radius 2 is 1.88 bits per heavy atom. The first-order valence-corrected chi connectivity index (χ1v) is 11.4. The van der Waals surface area contributed by atoms with E-state index in [-0.39, 0.29) is 17.7 Å². The minimum atomic E-state index is -0.347. The van der Waals surface area contributed by atoms with Gasteiger partial charge in [0.2, 0.25) is 5.91 Å². The molecule has 164 valence electrons. The van der Waals surface area contributed by atoms with E-state index in [0.717, 1.165) is 27.3 Å². The minimum Gasteiger partial charge on any atom is -0.461 e. The number of nitrogens with zero attached hydrogens (tertiary/aromatic N) is 4. The van der Waals surface area contributed by atoms with Crippen LogP contribution in [0.3, 0.4) is 0 Å². The molecule has 0 fully saturated rings. The van der Waals surface area contributed by atoms with Gasteiger partial charge in [-0.15, -0.1) is 0 Å². The molecule has 0 aliphatic heterocycles. The summed E-state index contributed by atoms with van der Waals surface area (Å²) < 4.78 is 7.40. The van der Waals surface area contributed by atoms with Gasteiger partial charge in [0.1, 0.15) is 16.9 Å². The van der Waals surface area contributed by atoms with Crippen molar-refractivity contribution in [1.82, 2.24) is 24.8 Å². The fraction of sp³-hybridized carbons (Fsp3) is 0.120. The van der Waals surface area contributed by atoms with Crippen molar-refractivity contribution in [3.05, 3.63) is 96.8 Å². The molecule has 5 aromatic rings. The highest BCUT2D eigenvalue weighted by Crippen LogP contribution is 2.29. The fourth-order valence-electron chi connectivity index (χ4n) is 3.61. The number of furan rings is 1. The van der Waals surface area contributed by atoms with Crippen LogP contribution in [0.1, 0.15) is 17.4 Å². The molecule has 0 aliphatic carbocycles. The van der Waals surface area contributed by atoms with Crippen LogP contribution in [0.25, 0.3) is 22.5 Å². The maximum Gasteiger partial charge on any atom is 0.231 e. The molecule has 5 rings (SSSR count). The maximum absolute atomic E-state index is 13.0. The van der Waals surface area contributed by atoms with Crippen LogP contribution in [0.5, 0.6) is 0 Å². The summed E-state index contributed by atoms with van der Waals surface area (Å²) in [6, 6.07) is 20.9. The van der Waals surface area contributed by atoms with E-state index in [1.807, 2.05) is 78.5 Å². The highest BCUT2D eigenvalue weighted by molar-refractivity contribution is 8.00. The number of carbonyl (C=O) groups is 1. The lowest BCUT2D eigenvalue weighted by molar-refractivity contribution is -0.119. The third kappa shape index (κ3) is 4.51. The standard InChI is InChI=1S/C25H21N5O2S/c1-30-14-13-26-24(30)22(17-8-3-2-4-9-17)28-21(31)16-33-25-18-10-5-6-11-19(18)27-23(29-25)20-12-7-15-32-20/h2-15,22H,16H2,1H3,(H,28,31). The van der Waals surface area contributed by atoms with Crippen LogP contribution in [0.15, 0.2) is 94.8 Å². The average Bonchev–Trinajstić information content (AvgIpc) is 3.54. The summed E-state index contributed by atoms with van der Waals surface area (Å²) in [6.45, 7) is 0. The number of para-hydroxylation sites is 1. The van der Waals surface area contributed by atoms with Crippen molar-refractivity contribution in [2.75, 3.05) is 5.75 Å². The number of carbonyl (C=O) groups excluding carboxylic acids is 1. The minimum absolute atomic E-state index is 0.112. The van der Waals surface area contributed by atoms with Crippen LogP contribution >= 0.6 is 11.8 Å². The Hall–Kier alpha value is -3.91. The summed E-state index contributed by atoms with van der Waals surface area (Å²) >= 11 is 1.38. The van der Waals surface area contributed by atoms with Gasteiger partial charge < -0.3 is 14.3 Å². The van der Waals surface area contributed by atoms with E-state index in [4.69, 9.17) is 4.42 Å². The van der Waals surface area contributed by atoms with Crippen molar-refractivity contribution >= 4 is 28.6 Å². The first kappa shape index (κ1) is 21.0. The van der Waals surface area contributed by atoms with Gasteiger partial charge in [0.25, 0.3) is 0 Å². The van der Waals surface area contributed by atoms with E-state index >= 15 is 0 Å². The number of benzene rings is 2. The molecular formula is C25H21N5O2S. The second-order valence-electron chi connectivity index (χ2n) is 7.44. The molecule has 0 spiro atoms. The van der Waals surface area contributed by atoms with Gasteiger partial charge in [-0.3, -0.25) is 4.79 Å². The van der Waals surface area contributed by atoms with Gasteiger partial charge in [-0.2, -0.15) is 0 Å². The third-order valence-electron chi connectivity index (χ3n) is 5.20. The molecule has 0 radical (unpaired) electrons. The van der Waals surface area contributed by atoms with Crippen LogP contribution in [0.4, 0.5) is 0 Å². The number of amides is 1. The number of rotatable bonds is 7. The number of imidazole rings is 1. The highest BCUT2D eigenvalue weighted by Gasteiger charge is 2.21. The molecule has 0 saturated carbocycles. The van der Waals surface area contributed by atoms with Crippen molar-refractivity contribution in [3.63, 3.8) is 0 Å². The summed E-state index contributed by atoms with van der Waals surface area (Å²) in [7, 11) is 1.92. The summed E-state index contributed by atoms with van der Waals surface area (Å²) in [5, 5.41) is 4.76. The number of thioether (sulfide) groups is 1. The largest absolute Gasteiger partial charge is 0.461 e. The monoisotopic (exact) mass is 455 g/mol.